The third kappa shape index (κ3) is 3.01. The molecule has 0 aliphatic heterocycles. The summed E-state index contributed by atoms with van der Waals surface area (Å²) < 4.78 is 5.37. The average Bonchev–Trinajstić information content (AvgIpc) is 2.38. The lowest BCUT2D eigenvalue weighted by atomic mass is 10.2. The first kappa shape index (κ1) is 14.2. The van der Waals surface area contributed by atoms with E-state index in [9.17, 15) is 10.1 Å². The van der Waals surface area contributed by atoms with Crippen LogP contribution >= 0.6 is 11.6 Å². The zero-order chi connectivity index (χ0) is 14.7. The normalized spacial score (nSPS) is 10.3. The van der Waals surface area contributed by atoms with E-state index in [1.54, 1.807) is 24.3 Å². The monoisotopic (exact) mass is 295 g/mol. The first-order valence-corrected chi connectivity index (χ1v) is 5.95. The average molecular weight is 296 g/mol. The minimum atomic E-state index is -0.622. The third-order valence-corrected chi connectivity index (χ3v) is 2.67. The Labute approximate surface area is 119 Å². The van der Waals surface area contributed by atoms with Gasteiger partial charge in [0.15, 0.2) is 0 Å². The number of aliphatic hydroxyl groups excluding tert-OH is 1. The molecule has 104 valence electrons. The molecule has 0 atom stereocenters. The van der Waals surface area contributed by atoms with Gasteiger partial charge in [-0.1, -0.05) is 12.1 Å². The van der Waals surface area contributed by atoms with Gasteiger partial charge < -0.3 is 9.84 Å². The number of nitrogens with zero attached hydrogens (tertiary/aromatic N) is 3. The lowest BCUT2D eigenvalue weighted by Gasteiger charge is -2.07. The predicted octanol–water partition coefficient (Wildman–Crippen LogP) is 2.63. The Hall–Kier alpha value is -2.25. The summed E-state index contributed by atoms with van der Waals surface area (Å²) in [7, 11) is 0. The number of hydrogen-bond donors (Lipinski definition) is 1. The van der Waals surface area contributed by atoms with Crippen molar-refractivity contribution in [2.75, 3.05) is 0 Å². The van der Waals surface area contributed by atoms with Gasteiger partial charge in [0.05, 0.1) is 11.5 Å². The van der Waals surface area contributed by atoms with Crippen molar-refractivity contribution in [1.29, 1.82) is 0 Å². The van der Waals surface area contributed by atoms with Crippen LogP contribution in [0.15, 0.2) is 24.3 Å². The van der Waals surface area contributed by atoms with Gasteiger partial charge in [0.25, 0.3) is 0 Å². The summed E-state index contributed by atoms with van der Waals surface area (Å²) in [5.41, 5.74) is 0.487. The van der Waals surface area contributed by atoms with E-state index in [-0.39, 0.29) is 29.2 Å². The zero-order valence-corrected chi connectivity index (χ0v) is 11.2. The van der Waals surface area contributed by atoms with Crippen LogP contribution in [0.5, 0.6) is 11.6 Å². The number of aliphatic hydroxyl groups is 1. The molecule has 0 aliphatic carbocycles. The predicted molar refractivity (Wildman–Crippen MR) is 70.9 cm³/mol. The lowest BCUT2D eigenvalue weighted by molar-refractivity contribution is -0.386. The number of rotatable bonds is 4. The minimum Gasteiger partial charge on any atom is -0.434 e. The van der Waals surface area contributed by atoms with E-state index < -0.39 is 4.92 Å². The van der Waals surface area contributed by atoms with Crippen LogP contribution in [0, 0.1) is 17.0 Å². The molecule has 0 radical (unpaired) electrons. The minimum absolute atomic E-state index is 0.0983. The van der Waals surface area contributed by atoms with E-state index in [1.165, 1.54) is 6.92 Å². The fourth-order valence-electron chi connectivity index (χ4n) is 1.56. The van der Waals surface area contributed by atoms with E-state index >= 15 is 0 Å². The molecule has 0 amide bonds. The second-order valence-corrected chi connectivity index (χ2v) is 4.23. The lowest BCUT2D eigenvalue weighted by Crippen LogP contribution is -2.01. The first-order valence-electron chi connectivity index (χ1n) is 5.57. The number of hydrogen-bond acceptors (Lipinski definition) is 6. The molecule has 1 N–H and O–H groups in total. The first-order chi connectivity index (χ1) is 9.51. The van der Waals surface area contributed by atoms with Gasteiger partial charge in [-0.25, -0.2) is 4.98 Å². The van der Waals surface area contributed by atoms with E-state index in [0.717, 1.165) is 0 Å². The summed E-state index contributed by atoms with van der Waals surface area (Å²) in [5.74, 6) is 0.128. The summed E-state index contributed by atoms with van der Waals surface area (Å²) in [6, 6.07) is 6.41. The van der Waals surface area contributed by atoms with Gasteiger partial charge in [-0.05, 0) is 36.2 Å². The maximum Gasteiger partial charge on any atom is 0.352 e. The van der Waals surface area contributed by atoms with Crippen molar-refractivity contribution in [3.05, 3.63) is 50.9 Å². The van der Waals surface area contributed by atoms with E-state index in [2.05, 4.69) is 9.97 Å². The summed E-state index contributed by atoms with van der Waals surface area (Å²) in [4.78, 5) is 17.9. The molecule has 0 saturated heterocycles. The van der Waals surface area contributed by atoms with Gasteiger partial charge in [-0.2, -0.15) is 4.98 Å². The van der Waals surface area contributed by atoms with Crippen LogP contribution in [0.4, 0.5) is 5.69 Å². The standard InChI is InChI=1S/C12H10ClN3O4/c1-7-10(16(18)19)11(15-12(13)14-7)20-9-4-2-8(6-17)3-5-9/h2-5,17H,6H2,1H3. The summed E-state index contributed by atoms with van der Waals surface area (Å²) in [5, 5.41) is 19.8. The van der Waals surface area contributed by atoms with Gasteiger partial charge >= 0.3 is 11.6 Å². The Morgan fingerprint density at radius 2 is 2.00 bits per heavy atom. The Bertz CT molecular complexity index is 646. The van der Waals surface area contributed by atoms with Crippen LogP contribution < -0.4 is 4.74 Å². The molecule has 2 rings (SSSR count). The maximum absolute atomic E-state index is 11.0. The molecule has 1 heterocycles. The Kier molecular flexibility index (Phi) is 4.11. The molecule has 2 aromatic rings. The fraction of sp³-hybridized carbons (Fsp3) is 0.167. The maximum atomic E-state index is 11.0. The second kappa shape index (κ2) is 5.81. The highest BCUT2D eigenvalue weighted by Crippen LogP contribution is 2.32. The molecule has 1 aromatic carbocycles. The van der Waals surface area contributed by atoms with Crippen LogP contribution in [0.3, 0.4) is 0 Å². The van der Waals surface area contributed by atoms with Crippen molar-refractivity contribution >= 4 is 17.3 Å². The van der Waals surface area contributed by atoms with Crippen molar-refractivity contribution in [3.63, 3.8) is 0 Å². The molecule has 8 heteroatoms. The van der Waals surface area contributed by atoms with Crippen molar-refractivity contribution in [2.24, 2.45) is 0 Å². The summed E-state index contributed by atoms with van der Waals surface area (Å²) >= 11 is 5.68. The smallest absolute Gasteiger partial charge is 0.352 e. The second-order valence-electron chi connectivity index (χ2n) is 3.89. The van der Waals surface area contributed by atoms with Gasteiger partial charge in [0, 0.05) is 0 Å². The van der Waals surface area contributed by atoms with Crippen LogP contribution in [0.25, 0.3) is 0 Å². The highest BCUT2D eigenvalue weighted by Gasteiger charge is 2.23. The van der Waals surface area contributed by atoms with Crippen LogP contribution in [0.1, 0.15) is 11.3 Å². The molecule has 0 bridgehead atoms. The quantitative estimate of drug-likeness (QED) is 0.529. The van der Waals surface area contributed by atoms with Crippen molar-refractivity contribution < 1.29 is 14.8 Å². The van der Waals surface area contributed by atoms with Crippen LogP contribution in [0.2, 0.25) is 5.28 Å². The number of ether oxygens (including phenoxy) is 1. The molecular formula is C12H10ClN3O4. The zero-order valence-electron chi connectivity index (χ0n) is 10.4. The summed E-state index contributed by atoms with van der Waals surface area (Å²) in [6.45, 7) is 1.35. The molecule has 0 saturated carbocycles. The van der Waals surface area contributed by atoms with Gasteiger partial charge in [0.1, 0.15) is 11.4 Å². The fourth-order valence-corrected chi connectivity index (χ4v) is 1.77. The van der Waals surface area contributed by atoms with E-state index in [4.69, 9.17) is 21.4 Å². The highest BCUT2D eigenvalue weighted by molar-refractivity contribution is 6.28. The number of benzene rings is 1. The van der Waals surface area contributed by atoms with E-state index in [0.29, 0.717) is 11.3 Å². The number of aryl methyl sites for hydroxylation is 1. The third-order valence-electron chi connectivity index (χ3n) is 2.50. The highest BCUT2D eigenvalue weighted by atomic mass is 35.5. The Morgan fingerprint density at radius 3 is 2.55 bits per heavy atom. The largest absolute Gasteiger partial charge is 0.434 e. The van der Waals surface area contributed by atoms with Gasteiger partial charge in [-0.15, -0.1) is 0 Å². The molecule has 0 spiro atoms. The Morgan fingerprint density at radius 1 is 1.35 bits per heavy atom. The molecule has 0 fully saturated rings. The van der Waals surface area contributed by atoms with Crippen LogP contribution in [-0.4, -0.2) is 20.0 Å². The van der Waals surface area contributed by atoms with Crippen LogP contribution in [-0.2, 0) is 6.61 Å². The molecule has 0 aliphatic rings. The molecule has 1 aromatic heterocycles. The van der Waals surface area contributed by atoms with Crippen molar-refractivity contribution in [2.45, 2.75) is 13.5 Å². The molecular weight excluding hydrogens is 286 g/mol. The number of nitro groups is 1. The molecule has 20 heavy (non-hydrogen) atoms. The Balaban J connectivity index is 2.39. The van der Waals surface area contributed by atoms with Gasteiger partial charge in [-0.3, -0.25) is 10.1 Å². The van der Waals surface area contributed by atoms with Crippen molar-refractivity contribution in [1.82, 2.24) is 9.97 Å². The SMILES string of the molecule is Cc1nc(Cl)nc(Oc2ccc(CO)cc2)c1[N+](=O)[O-]. The molecule has 7 nitrogen and oxygen atoms in total. The molecule has 0 unspecified atom stereocenters. The van der Waals surface area contributed by atoms with Crippen molar-refractivity contribution in [3.8, 4) is 11.6 Å². The number of halogens is 1. The summed E-state index contributed by atoms with van der Waals surface area (Å²) in [6.07, 6.45) is 0. The van der Waals surface area contributed by atoms with E-state index in [1.807, 2.05) is 0 Å². The topological polar surface area (TPSA) is 98.4 Å². The van der Waals surface area contributed by atoms with Gasteiger partial charge in [0.2, 0.25) is 5.28 Å². The number of aromatic nitrogens is 2.